The Morgan fingerprint density at radius 1 is 1.42 bits per heavy atom. The van der Waals surface area contributed by atoms with Crippen LogP contribution in [-0.4, -0.2) is 15.9 Å². The summed E-state index contributed by atoms with van der Waals surface area (Å²) in [6, 6.07) is 5.42. The zero-order chi connectivity index (χ0) is 13.8. The minimum Gasteiger partial charge on any atom is -0.399 e. The van der Waals surface area contributed by atoms with Crippen molar-refractivity contribution in [1.29, 1.82) is 0 Å². The molecule has 0 unspecified atom stereocenters. The van der Waals surface area contributed by atoms with E-state index >= 15 is 0 Å². The number of aromatic nitrogens is 2. The number of anilines is 1. The minimum absolute atomic E-state index is 0.184. The normalized spacial score (nSPS) is 10.2. The van der Waals surface area contributed by atoms with Gasteiger partial charge in [-0.3, -0.25) is 4.79 Å². The van der Waals surface area contributed by atoms with E-state index in [1.807, 2.05) is 0 Å². The van der Waals surface area contributed by atoms with Crippen molar-refractivity contribution in [1.82, 2.24) is 15.3 Å². The van der Waals surface area contributed by atoms with E-state index in [-0.39, 0.29) is 17.8 Å². The monoisotopic (exact) mass is 260 g/mol. The number of halogens is 1. The van der Waals surface area contributed by atoms with Gasteiger partial charge in [0.25, 0.3) is 5.91 Å². The number of rotatable bonds is 3. The Labute approximate surface area is 109 Å². The highest BCUT2D eigenvalue weighted by Crippen LogP contribution is 2.10. The molecule has 2 rings (SSSR count). The molecule has 1 heterocycles. The van der Waals surface area contributed by atoms with Gasteiger partial charge in [-0.15, -0.1) is 0 Å². The number of aryl methyl sites for hydroxylation is 1. The predicted molar refractivity (Wildman–Crippen MR) is 68.8 cm³/mol. The van der Waals surface area contributed by atoms with Gasteiger partial charge in [0.1, 0.15) is 11.6 Å². The average molecular weight is 260 g/mol. The molecule has 3 N–H and O–H groups in total. The van der Waals surface area contributed by atoms with E-state index in [9.17, 15) is 9.18 Å². The quantitative estimate of drug-likeness (QED) is 0.818. The van der Waals surface area contributed by atoms with Gasteiger partial charge in [-0.1, -0.05) is 0 Å². The Bertz CT molecular complexity index is 595. The molecule has 0 aliphatic rings. The maximum absolute atomic E-state index is 13.1. The Morgan fingerprint density at radius 3 is 2.89 bits per heavy atom. The molecule has 0 fully saturated rings. The van der Waals surface area contributed by atoms with Crippen LogP contribution in [0.1, 0.15) is 21.9 Å². The van der Waals surface area contributed by atoms with Crippen molar-refractivity contribution >= 4 is 11.6 Å². The van der Waals surface area contributed by atoms with E-state index in [4.69, 9.17) is 5.73 Å². The summed E-state index contributed by atoms with van der Waals surface area (Å²) in [5.74, 6) is -0.313. The summed E-state index contributed by atoms with van der Waals surface area (Å²) in [4.78, 5) is 19.9. The van der Waals surface area contributed by atoms with Gasteiger partial charge in [0.2, 0.25) is 0 Å². The first-order valence-electron chi connectivity index (χ1n) is 5.67. The lowest BCUT2D eigenvalue weighted by molar-refractivity contribution is 0.0950. The summed E-state index contributed by atoms with van der Waals surface area (Å²) in [7, 11) is 0. The third-order valence-corrected chi connectivity index (χ3v) is 2.45. The number of hydrogen-bond donors (Lipinski definition) is 2. The standard InChI is InChI=1S/C13H13FN4O/c1-8-16-3-2-12(18-8)7-17-13(19)9-4-10(14)6-11(15)5-9/h2-6H,7,15H2,1H3,(H,17,19). The summed E-state index contributed by atoms with van der Waals surface area (Å²) < 4.78 is 13.1. The maximum atomic E-state index is 13.1. The Kier molecular flexibility index (Phi) is 3.70. The lowest BCUT2D eigenvalue weighted by Gasteiger charge is -2.06. The molecule has 0 radical (unpaired) electrons. The van der Waals surface area contributed by atoms with Gasteiger partial charge >= 0.3 is 0 Å². The molecule has 98 valence electrons. The predicted octanol–water partition coefficient (Wildman–Crippen LogP) is 1.44. The van der Waals surface area contributed by atoms with Crippen molar-refractivity contribution in [3.8, 4) is 0 Å². The molecule has 5 nitrogen and oxygen atoms in total. The fraction of sp³-hybridized carbons (Fsp3) is 0.154. The summed E-state index contributed by atoms with van der Waals surface area (Å²) in [5.41, 5.74) is 6.56. The molecule has 1 amide bonds. The number of hydrogen-bond acceptors (Lipinski definition) is 4. The molecule has 0 atom stereocenters. The maximum Gasteiger partial charge on any atom is 0.251 e. The molecular formula is C13H13FN4O. The van der Waals surface area contributed by atoms with Gasteiger partial charge in [0.15, 0.2) is 0 Å². The van der Waals surface area contributed by atoms with Crippen LogP contribution in [0.5, 0.6) is 0 Å². The van der Waals surface area contributed by atoms with Gasteiger partial charge in [-0.25, -0.2) is 14.4 Å². The fourth-order valence-electron chi connectivity index (χ4n) is 1.62. The number of amides is 1. The van der Waals surface area contributed by atoms with Crippen LogP contribution in [0.2, 0.25) is 0 Å². The smallest absolute Gasteiger partial charge is 0.251 e. The Balaban J connectivity index is 2.05. The zero-order valence-corrected chi connectivity index (χ0v) is 10.4. The van der Waals surface area contributed by atoms with Crippen molar-refractivity contribution in [3.05, 3.63) is 53.4 Å². The van der Waals surface area contributed by atoms with Crippen LogP contribution in [0.3, 0.4) is 0 Å². The second-order valence-corrected chi connectivity index (χ2v) is 4.05. The number of nitrogens with zero attached hydrogens (tertiary/aromatic N) is 2. The van der Waals surface area contributed by atoms with Crippen LogP contribution in [-0.2, 0) is 6.54 Å². The SMILES string of the molecule is Cc1nccc(CNC(=O)c2cc(N)cc(F)c2)n1. The first-order chi connectivity index (χ1) is 9.04. The van der Waals surface area contributed by atoms with Gasteiger partial charge in [0, 0.05) is 17.4 Å². The molecule has 0 aliphatic heterocycles. The second kappa shape index (κ2) is 5.43. The highest BCUT2D eigenvalue weighted by Gasteiger charge is 2.08. The molecule has 0 aliphatic carbocycles. The zero-order valence-electron chi connectivity index (χ0n) is 10.4. The van der Waals surface area contributed by atoms with Crippen LogP contribution in [0.15, 0.2) is 30.5 Å². The third kappa shape index (κ3) is 3.48. The Morgan fingerprint density at radius 2 is 2.21 bits per heavy atom. The van der Waals surface area contributed by atoms with Crippen molar-refractivity contribution < 1.29 is 9.18 Å². The summed E-state index contributed by atoms with van der Waals surface area (Å²) in [6.45, 7) is 2.01. The number of nitrogens with one attached hydrogen (secondary N) is 1. The Hall–Kier alpha value is -2.50. The molecule has 1 aromatic carbocycles. The molecule has 2 aromatic rings. The van der Waals surface area contributed by atoms with E-state index in [0.29, 0.717) is 11.5 Å². The van der Waals surface area contributed by atoms with E-state index in [1.54, 1.807) is 19.2 Å². The number of benzene rings is 1. The highest BCUT2D eigenvalue weighted by molar-refractivity contribution is 5.94. The van der Waals surface area contributed by atoms with E-state index < -0.39 is 11.7 Å². The average Bonchev–Trinajstić information content (AvgIpc) is 2.35. The first-order valence-corrected chi connectivity index (χ1v) is 5.67. The number of nitrogens with two attached hydrogens (primary N) is 1. The van der Waals surface area contributed by atoms with Gasteiger partial charge in [0.05, 0.1) is 12.2 Å². The molecule has 0 saturated carbocycles. The van der Waals surface area contributed by atoms with Gasteiger partial charge in [-0.2, -0.15) is 0 Å². The lowest BCUT2D eigenvalue weighted by Crippen LogP contribution is -2.23. The van der Waals surface area contributed by atoms with E-state index in [0.717, 1.165) is 12.1 Å². The van der Waals surface area contributed by atoms with Crippen molar-refractivity contribution in [2.75, 3.05) is 5.73 Å². The van der Waals surface area contributed by atoms with E-state index in [2.05, 4.69) is 15.3 Å². The molecular weight excluding hydrogens is 247 g/mol. The van der Waals surface area contributed by atoms with Crippen LogP contribution in [0.4, 0.5) is 10.1 Å². The highest BCUT2D eigenvalue weighted by atomic mass is 19.1. The summed E-state index contributed by atoms with van der Waals surface area (Å²) in [6.07, 6.45) is 1.62. The molecule has 0 saturated heterocycles. The fourth-order valence-corrected chi connectivity index (χ4v) is 1.62. The van der Waals surface area contributed by atoms with Crippen molar-refractivity contribution in [2.24, 2.45) is 0 Å². The number of carbonyl (C=O) groups is 1. The van der Waals surface area contributed by atoms with Crippen LogP contribution >= 0.6 is 0 Å². The number of nitrogen functional groups attached to an aromatic ring is 1. The largest absolute Gasteiger partial charge is 0.399 e. The summed E-state index contributed by atoms with van der Waals surface area (Å²) in [5, 5.41) is 2.65. The van der Waals surface area contributed by atoms with Crippen molar-refractivity contribution in [3.63, 3.8) is 0 Å². The van der Waals surface area contributed by atoms with Gasteiger partial charge in [-0.05, 0) is 31.2 Å². The summed E-state index contributed by atoms with van der Waals surface area (Å²) >= 11 is 0. The van der Waals surface area contributed by atoms with Crippen molar-refractivity contribution in [2.45, 2.75) is 13.5 Å². The van der Waals surface area contributed by atoms with Crippen LogP contribution in [0.25, 0.3) is 0 Å². The molecule has 1 aromatic heterocycles. The van der Waals surface area contributed by atoms with E-state index in [1.165, 1.54) is 6.07 Å². The van der Waals surface area contributed by atoms with Crippen LogP contribution < -0.4 is 11.1 Å². The molecule has 19 heavy (non-hydrogen) atoms. The second-order valence-electron chi connectivity index (χ2n) is 4.05. The third-order valence-electron chi connectivity index (χ3n) is 2.45. The number of carbonyl (C=O) groups excluding carboxylic acids is 1. The first kappa shape index (κ1) is 12.9. The molecule has 0 spiro atoms. The minimum atomic E-state index is -0.539. The molecule has 6 heteroatoms. The van der Waals surface area contributed by atoms with Crippen LogP contribution in [0, 0.1) is 12.7 Å². The van der Waals surface area contributed by atoms with Gasteiger partial charge < -0.3 is 11.1 Å². The molecule has 0 bridgehead atoms. The topological polar surface area (TPSA) is 80.9 Å². The lowest BCUT2D eigenvalue weighted by atomic mass is 10.2.